The second-order valence-corrected chi connectivity index (χ2v) is 4.68. The van der Waals surface area contributed by atoms with Crippen molar-refractivity contribution in [3.63, 3.8) is 0 Å². The van der Waals surface area contributed by atoms with Crippen LogP contribution in [0.1, 0.15) is 64.2 Å². The summed E-state index contributed by atoms with van der Waals surface area (Å²) in [7, 11) is 0. The highest BCUT2D eigenvalue weighted by atomic mass is 16.1. The number of carbonyl (C=O) groups excluding carboxylic acids is 1. The summed E-state index contributed by atoms with van der Waals surface area (Å²) in [5.74, 6) is 0. The molecule has 0 aromatic rings. The van der Waals surface area contributed by atoms with Gasteiger partial charge in [0.05, 0.1) is 0 Å². The van der Waals surface area contributed by atoms with Gasteiger partial charge in [0.15, 0.2) is 0 Å². The third-order valence-corrected chi connectivity index (χ3v) is 3.29. The summed E-state index contributed by atoms with van der Waals surface area (Å²) in [5, 5.41) is 0. The lowest BCUT2D eigenvalue weighted by molar-refractivity contribution is -0.118. The number of hydrogen-bond donors (Lipinski definition) is 0. The van der Waals surface area contributed by atoms with Crippen LogP contribution >= 0.6 is 0 Å². The fourth-order valence-electron chi connectivity index (χ4n) is 2.26. The molecule has 0 spiro atoms. The third kappa shape index (κ3) is 6.53. The van der Waals surface area contributed by atoms with Crippen molar-refractivity contribution in [1.82, 2.24) is 4.90 Å². The van der Waals surface area contributed by atoms with Crippen LogP contribution in [-0.4, -0.2) is 24.4 Å². The minimum Gasteiger partial charge on any atom is -0.345 e. The normalized spacial score (nSPS) is 22.3. The number of amides is 1. The fraction of sp³-hybridized carbons (Fsp3) is 0.923. The van der Waals surface area contributed by atoms with E-state index in [9.17, 15) is 4.79 Å². The Morgan fingerprint density at radius 3 is 1.27 bits per heavy atom. The van der Waals surface area contributed by atoms with Gasteiger partial charge in [0.2, 0.25) is 6.41 Å². The van der Waals surface area contributed by atoms with E-state index in [0.29, 0.717) is 0 Å². The highest BCUT2D eigenvalue weighted by molar-refractivity contribution is 5.46. The van der Waals surface area contributed by atoms with Crippen LogP contribution in [0.25, 0.3) is 0 Å². The Labute approximate surface area is 94.0 Å². The average Bonchev–Trinajstić information content (AvgIpc) is 2.29. The fourth-order valence-corrected chi connectivity index (χ4v) is 2.26. The summed E-state index contributed by atoms with van der Waals surface area (Å²) < 4.78 is 0. The highest BCUT2D eigenvalue weighted by Crippen LogP contribution is 2.12. The zero-order valence-corrected chi connectivity index (χ0v) is 9.92. The van der Waals surface area contributed by atoms with Crippen molar-refractivity contribution >= 4 is 6.41 Å². The van der Waals surface area contributed by atoms with Crippen LogP contribution in [0.4, 0.5) is 0 Å². The topological polar surface area (TPSA) is 20.3 Å². The molecule has 1 aliphatic heterocycles. The van der Waals surface area contributed by atoms with Gasteiger partial charge >= 0.3 is 0 Å². The van der Waals surface area contributed by atoms with Gasteiger partial charge in [-0.15, -0.1) is 0 Å². The zero-order chi connectivity index (χ0) is 10.8. The molecule has 2 nitrogen and oxygen atoms in total. The van der Waals surface area contributed by atoms with Crippen molar-refractivity contribution in [2.45, 2.75) is 64.2 Å². The van der Waals surface area contributed by atoms with Crippen LogP contribution in [-0.2, 0) is 4.79 Å². The molecule has 0 N–H and O–H groups in total. The summed E-state index contributed by atoms with van der Waals surface area (Å²) in [4.78, 5) is 12.7. The first-order chi connectivity index (χ1) is 7.43. The molecule has 1 aliphatic rings. The van der Waals surface area contributed by atoms with Crippen molar-refractivity contribution in [2.24, 2.45) is 0 Å². The predicted molar refractivity (Wildman–Crippen MR) is 63.8 cm³/mol. The Bertz CT molecular complexity index is 145. The molecule has 88 valence electrons. The molecule has 1 amide bonds. The van der Waals surface area contributed by atoms with Gasteiger partial charge in [-0.25, -0.2) is 0 Å². The van der Waals surface area contributed by atoms with Gasteiger partial charge in [0.1, 0.15) is 0 Å². The largest absolute Gasteiger partial charge is 0.345 e. The van der Waals surface area contributed by atoms with Gasteiger partial charge in [0, 0.05) is 13.1 Å². The molecule has 0 atom stereocenters. The molecule has 15 heavy (non-hydrogen) atoms. The van der Waals surface area contributed by atoms with Gasteiger partial charge in [-0.05, 0) is 12.8 Å². The zero-order valence-electron chi connectivity index (χ0n) is 9.92. The summed E-state index contributed by atoms with van der Waals surface area (Å²) in [6.45, 7) is 1.95. The molecule has 0 unspecified atom stereocenters. The molecule has 1 fully saturated rings. The van der Waals surface area contributed by atoms with Crippen LogP contribution in [0.15, 0.2) is 0 Å². The maximum absolute atomic E-state index is 10.8. The molecule has 0 aromatic carbocycles. The molecule has 1 saturated heterocycles. The standard InChI is InChI=1S/C13H25NO/c15-13-14-11-9-7-5-3-1-2-4-6-8-10-12-14/h13H,1-12H2. The van der Waals surface area contributed by atoms with E-state index in [-0.39, 0.29) is 0 Å². The Morgan fingerprint density at radius 1 is 0.600 bits per heavy atom. The van der Waals surface area contributed by atoms with Crippen molar-refractivity contribution in [3.05, 3.63) is 0 Å². The van der Waals surface area contributed by atoms with Crippen LogP contribution in [0, 0.1) is 0 Å². The Morgan fingerprint density at radius 2 is 0.933 bits per heavy atom. The van der Waals surface area contributed by atoms with E-state index >= 15 is 0 Å². The minimum absolute atomic E-state index is 0.976. The quantitative estimate of drug-likeness (QED) is 0.609. The second-order valence-electron chi connectivity index (χ2n) is 4.68. The summed E-state index contributed by atoms with van der Waals surface area (Å²) >= 11 is 0. The summed E-state index contributed by atoms with van der Waals surface area (Å²) in [6, 6.07) is 0. The lowest BCUT2D eigenvalue weighted by Gasteiger charge is -2.16. The average molecular weight is 211 g/mol. The molecule has 2 heteroatoms. The number of rotatable bonds is 1. The molecular weight excluding hydrogens is 186 g/mol. The van der Waals surface area contributed by atoms with E-state index in [1.165, 1.54) is 64.2 Å². The van der Waals surface area contributed by atoms with Crippen molar-refractivity contribution in [1.29, 1.82) is 0 Å². The maximum atomic E-state index is 10.8. The smallest absolute Gasteiger partial charge is 0.209 e. The third-order valence-electron chi connectivity index (χ3n) is 3.29. The van der Waals surface area contributed by atoms with Gasteiger partial charge in [-0.3, -0.25) is 4.79 Å². The minimum atomic E-state index is 0.976. The molecule has 0 radical (unpaired) electrons. The lowest BCUT2D eigenvalue weighted by Crippen LogP contribution is -2.24. The summed E-state index contributed by atoms with van der Waals surface area (Å²) in [6.07, 6.45) is 14.3. The van der Waals surface area contributed by atoms with E-state index in [1.54, 1.807) is 0 Å². The lowest BCUT2D eigenvalue weighted by atomic mass is 10.1. The molecule has 0 bridgehead atoms. The van der Waals surface area contributed by atoms with E-state index in [1.807, 2.05) is 4.90 Å². The first kappa shape index (κ1) is 12.5. The van der Waals surface area contributed by atoms with E-state index in [0.717, 1.165) is 19.5 Å². The summed E-state index contributed by atoms with van der Waals surface area (Å²) in [5.41, 5.74) is 0. The van der Waals surface area contributed by atoms with Crippen molar-refractivity contribution in [2.75, 3.05) is 13.1 Å². The van der Waals surface area contributed by atoms with E-state index < -0.39 is 0 Å². The molecule has 1 rings (SSSR count). The predicted octanol–water partition coefficient (Wildman–Crippen LogP) is 3.36. The number of hydrogen-bond acceptors (Lipinski definition) is 1. The van der Waals surface area contributed by atoms with Crippen LogP contribution in [0.3, 0.4) is 0 Å². The van der Waals surface area contributed by atoms with Crippen molar-refractivity contribution in [3.8, 4) is 0 Å². The molecule has 0 aromatic heterocycles. The van der Waals surface area contributed by atoms with Gasteiger partial charge in [0.25, 0.3) is 0 Å². The van der Waals surface area contributed by atoms with Crippen LogP contribution < -0.4 is 0 Å². The highest BCUT2D eigenvalue weighted by Gasteiger charge is 2.02. The van der Waals surface area contributed by atoms with Crippen LogP contribution in [0.5, 0.6) is 0 Å². The number of nitrogens with zero attached hydrogens (tertiary/aromatic N) is 1. The molecule has 0 saturated carbocycles. The Kier molecular flexibility index (Phi) is 7.32. The van der Waals surface area contributed by atoms with Crippen molar-refractivity contribution < 1.29 is 4.79 Å². The maximum Gasteiger partial charge on any atom is 0.209 e. The Hall–Kier alpha value is -0.530. The van der Waals surface area contributed by atoms with Gasteiger partial charge in [-0.2, -0.15) is 0 Å². The van der Waals surface area contributed by atoms with E-state index in [2.05, 4.69) is 0 Å². The number of carbonyl (C=O) groups is 1. The Balaban J connectivity index is 2.20. The first-order valence-corrected chi connectivity index (χ1v) is 6.63. The van der Waals surface area contributed by atoms with Gasteiger partial charge in [-0.1, -0.05) is 51.4 Å². The second kappa shape index (κ2) is 8.75. The van der Waals surface area contributed by atoms with Crippen LogP contribution in [0.2, 0.25) is 0 Å². The molecule has 1 heterocycles. The van der Waals surface area contributed by atoms with E-state index in [4.69, 9.17) is 0 Å². The molecular formula is C13H25NO. The SMILES string of the molecule is O=CN1CCCCCCCCCCCC1. The monoisotopic (exact) mass is 211 g/mol. The van der Waals surface area contributed by atoms with Gasteiger partial charge < -0.3 is 4.90 Å². The first-order valence-electron chi connectivity index (χ1n) is 6.63. The molecule has 0 aliphatic carbocycles.